The second kappa shape index (κ2) is 3.94. The van der Waals surface area contributed by atoms with Crippen LogP contribution in [0.1, 0.15) is 12.8 Å². The molecule has 0 bridgehead atoms. The van der Waals surface area contributed by atoms with Crippen molar-refractivity contribution < 1.29 is 8.42 Å². The minimum absolute atomic E-state index is 0.0635. The van der Waals surface area contributed by atoms with E-state index in [1.54, 1.807) is 12.1 Å². The molecule has 0 unspecified atom stereocenters. The molecule has 82 valence electrons. The summed E-state index contributed by atoms with van der Waals surface area (Å²) < 4.78 is 24.8. The van der Waals surface area contributed by atoms with E-state index in [4.69, 9.17) is 23.4 Å². The van der Waals surface area contributed by atoms with Crippen LogP contribution in [0.15, 0.2) is 29.2 Å². The summed E-state index contributed by atoms with van der Waals surface area (Å²) in [6.07, 6.45) is 1.63. The van der Waals surface area contributed by atoms with Crippen molar-refractivity contribution in [3.8, 4) is 0 Å². The van der Waals surface area contributed by atoms with E-state index in [0.717, 1.165) is 16.7 Å². The van der Waals surface area contributed by atoms with Crippen molar-refractivity contribution >= 4 is 33.4 Å². The zero-order chi connectivity index (χ0) is 11.1. The second-order valence-electron chi connectivity index (χ2n) is 3.41. The van der Waals surface area contributed by atoms with Gasteiger partial charge in [0.2, 0.25) is 0 Å². The highest BCUT2D eigenvalue weighted by atomic mass is 35.5. The van der Waals surface area contributed by atoms with Crippen molar-refractivity contribution in [2.24, 2.45) is 0 Å². The average molecular weight is 266 g/mol. The van der Waals surface area contributed by atoms with E-state index in [2.05, 4.69) is 0 Å². The second-order valence-corrected chi connectivity index (χ2v) is 6.16. The lowest BCUT2D eigenvalue weighted by Crippen LogP contribution is -2.24. The number of nitrogens with zero attached hydrogens (tertiary/aromatic N) is 1. The van der Waals surface area contributed by atoms with E-state index in [9.17, 15) is 8.42 Å². The van der Waals surface area contributed by atoms with Crippen molar-refractivity contribution in [3.63, 3.8) is 0 Å². The summed E-state index contributed by atoms with van der Waals surface area (Å²) in [6, 6.07) is 6.21. The number of halogens is 2. The van der Waals surface area contributed by atoms with Crippen LogP contribution in [-0.4, -0.2) is 18.3 Å². The van der Waals surface area contributed by atoms with Crippen LogP contribution in [0, 0.1) is 0 Å². The smallest absolute Gasteiger partial charge is 0.206 e. The molecule has 0 N–H and O–H groups in total. The number of hydrogen-bond donors (Lipinski definition) is 0. The highest BCUT2D eigenvalue weighted by Gasteiger charge is 2.38. The number of rotatable bonds is 3. The third-order valence-corrected chi connectivity index (χ3v) is 5.11. The fourth-order valence-electron chi connectivity index (χ4n) is 1.22. The molecule has 0 radical (unpaired) electrons. The Hall–Kier alpha value is -0.290. The van der Waals surface area contributed by atoms with Gasteiger partial charge in [0.25, 0.3) is 10.0 Å². The third-order valence-electron chi connectivity index (χ3n) is 2.18. The molecular formula is C9H9Cl2NO2S. The molecule has 1 aromatic rings. The molecule has 0 atom stereocenters. The summed E-state index contributed by atoms with van der Waals surface area (Å²) in [6.45, 7) is 0. The first-order valence-electron chi connectivity index (χ1n) is 4.48. The molecule has 15 heavy (non-hydrogen) atoms. The van der Waals surface area contributed by atoms with Gasteiger partial charge in [0, 0.05) is 6.04 Å². The SMILES string of the molecule is O=S(=O)(c1ccccc1Cl)N(Cl)C1CC1. The molecule has 0 saturated heterocycles. The normalized spacial score (nSPS) is 17.0. The van der Waals surface area contributed by atoms with Gasteiger partial charge in [-0.15, -0.1) is 3.82 Å². The maximum absolute atomic E-state index is 11.9. The van der Waals surface area contributed by atoms with Crippen molar-refractivity contribution in [1.82, 2.24) is 3.82 Å². The van der Waals surface area contributed by atoms with Gasteiger partial charge < -0.3 is 0 Å². The molecule has 1 aliphatic carbocycles. The van der Waals surface area contributed by atoms with Crippen molar-refractivity contribution in [3.05, 3.63) is 29.3 Å². The molecule has 0 aliphatic heterocycles. The maximum Gasteiger partial charge on any atom is 0.258 e. The summed E-state index contributed by atoms with van der Waals surface area (Å²) in [5.74, 6) is 0. The van der Waals surface area contributed by atoms with Crippen molar-refractivity contribution in [2.45, 2.75) is 23.8 Å². The van der Waals surface area contributed by atoms with Gasteiger partial charge in [-0.1, -0.05) is 23.7 Å². The van der Waals surface area contributed by atoms with Crippen LogP contribution in [0.4, 0.5) is 0 Å². The molecule has 3 nitrogen and oxygen atoms in total. The first-order chi connectivity index (χ1) is 7.03. The van der Waals surface area contributed by atoms with Gasteiger partial charge in [-0.25, -0.2) is 8.42 Å². The molecule has 2 rings (SSSR count). The fourth-order valence-corrected chi connectivity index (χ4v) is 3.42. The summed E-state index contributed by atoms with van der Waals surface area (Å²) in [5.41, 5.74) is 0. The van der Waals surface area contributed by atoms with Crippen LogP contribution in [0.5, 0.6) is 0 Å². The predicted molar refractivity (Wildman–Crippen MR) is 59.4 cm³/mol. The van der Waals surface area contributed by atoms with Gasteiger partial charge in [-0.3, -0.25) is 0 Å². The molecule has 0 spiro atoms. The Morgan fingerprint density at radius 2 is 1.87 bits per heavy atom. The monoisotopic (exact) mass is 265 g/mol. The lowest BCUT2D eigenvalue weighted by Gasteiger charge is -2.13. The van der Waals surface area contributed by atoms with E-state index in [0.29, 0.717) is 0 Å². The highest BCUT2D eigenvalue weighted by Crippen LogP contribution is 2.35. The Balaban J connectivity index is 2.41. The Kier molecular flexibility index (Phi) is 2.94. The molecule has 1 aliphatic rings. The molecule has 0 heterocycles. The van der Waals surface area contributed by atoms with E-state index < -0.39 is 10.0 Å². The predicted octanol–water partition coefficient (Wildman–Crippen LogP) is 2.65. The molecule has 0 amide bonds. The van der Waals surface area contributed by atoms with Crippen LogP contribution >= 0.6 is 23.4 Å². The molecule has 1 fully saturated rings. The van der Waals surface area contributed by atoms with Crippen LogP contribution < -0.4 is 0 Å². The first-order valence-corrected chi connectivity index (χ1v) is 6.64. The van der Waals surface area contributed by atoms with Crippen LogP contribution in [-0.2, 0) is 10.0 Å². The molecule has 6 heteroatoms. The number of benzene rings is 1. The van der Waals surface area contributed by atoms with Crippen LogP contribution in [0.2, 0.25) is 5.02 Å². The van der Waals surface area contributed by atoms with Gasteiger partial charge in [0.05, 0.1) is 5.02 Å². The third kappa shape index (κ3) is 2.13. The number of sulfonamides is 1. The first kappa shape index (κ1) is 11.2. The highest BCUT2D eigenvalue weighted by molar-refractivity contribution is 7.90. The van der Waals surface area contributed by atoms with Gasteiger partial charge in [-0.2, -0.15) is 0 Å². The minimum atomic E-state index is -3.64. The van der Waals surface area contributed by atoms with Crippen LogP contribution in [0.25, 0.3) is 0 Å². The largest absolute Gasteiger partial charge is 0.258 e. The van der Waals surface area contributed by atoms with Crippen LogP contribution in [0.3, 0.4) is 0 Å². The molecular weight excluding hydrogens is 257 g/mol. The molecule has 1 aromatic carbocycles. The summed E-state index contributed by atoms with van der Waals surface area (Å²) in [7, 11) is -3.64. The fraction of sp³-hybridized carbons (Fsp3) is 0.333. The van der Waals surface area contributed by atoms with E-state index in [1.165, 1.54) is 12.1 Å². The maximum atomic E-state index is 11.9. The molecule has 1 saturated carbocycles. The number of hydrogen-bond acceptors (Lipinski definition) is 2. The van der Waals surface area contributed by atoms with Crippen molar-refractivity contribution in [1.29, 1.82) is 0 Å². The Bertz CT molecular complexity index is 471. The van der Waals surface area contributed by atoms with Gasteiger partial charge in [0.1, 0.15) is 4.90 Å². The van der Waals surface area contributed by atoms with Crippen molar-refractivity contribution in [2.75, 3.05) is 0 Å². The average Bonchev–Trinajstić information content (AvgIpc) is 3.00. The van der Waals surface area contributed by atoms with Gasteiger partial charge >= 0.3 is 0 Å². The van der Waals surface area contributed by atoms with Gasteiger partial charge in [0.15, 0.2) is 0 Å². The summed E-state index contributed by atoms with van der Waals surface area (Å²) in [5, 5.41) is 0.198. The molecule has 0 aromatic heterocycles. The van der Waals surface area contributed by atoms with Gasteiger partial charge in [-0.05, 0) is 36.8 Å². The minimum Gasteiger partial charge on any atom is -0.206 e. The Morgan fingerprint density at radius 3 is 2.40 bits per heavy atom. The Labute approximate surface area is 98.8 Å². The zero-order valence-electron chi connectivity index (χ0n) is 7.73. The summed E-state index contributed by atoms with van der Waals surface area (Å²) >= 11 is 11.6. The van der Waals surface area contributed by atoms with E-state index >= 15 is 0 Å². The standard InChI is InChI=1S/C9H9Cl2NO2S/c10-8-3-1-2-4-9(8)15(13,14)12(11)7-5-6-7/h1-4,7H,5-6H2. The quantitative estimate of drug-likeness (QED) is 0.789. The lowest BCUT2D eigenvalue weighted by molar-refractivity contribution is 0.533. The lowest BCUT2D eigenvalue weighted by atomic mass is 10.4. The van der Waals surface area contributed by atoms with E-state index in [1.807, 2.05) is 0 Å². The summed E-state index contributed by atoms with van der Waals surface area (Å²) in [4.78, 5) is 0.0635. The Morgan fingerprint density at radius 1 is 1.27 bits per heavy atom. The zero-order valence-corrected chi connectivity index (χ0v) is 10.1. The van der Waals surface area contributed by atoms with E-state index in [-0.39, 0.29) is 16.0 Å². The topological polar surface area (TPSA) is 37.4 Å².